The van der Waals surface area contributed by atoms with Crippen LogP contribution in [-0.2, 0) is 10.0 Å². The highest BCUT2D eigenvalue weighted by Crippen LogP contribution is 2.35. The fourth-order valence-corrected chi connectivity index (χ4v) is 5.57. The fourth-order valence-electron chi connectivity index (χ4n) is 4.14. The van der Waals surface area contributed by atoms with Crippen molar-refractivity contribution >= 4 is 27.3 Å². The second-order valence-electron chi connectivity index (χ2n) is 7.33. The van der Waals surface area contributed by atoms with Gasteiger partial charge in [-0.2, -0.15) is 0 Å². The summed E-state index contributed by atoms with van der Waals surface area (Å²) in [4.78, 5) is 15.6. The largest absolute Gasteiger partial charge is 0.445 e. The number of benzene rings is 1. The zero-order chi connectivity index (χ0) is 19.9. The molecule has 28 heavy (non-hydrogen) atoms. The number of fused-ring (bicyclic) bond motifs is 3. The van der Waals surface area contributed by atoms with Crippen LogP contribution in [0.5, 0.6) is 10.8 Å². The SMILES string of the molecule is C[C@H]1[C@H](NC(=O)c2ccc(Oc3ccccc3S(N)(=O)=O)s2)C2CCN1CC2. The molecule has 1 amide bonds. The smallest absolute Gasteiger partial charge is 0.261 e. The maximum Gasteiger partial charge on any atom is 0.261 e. The lowest BCUT2D eigenvalue weighted by atomic mass is 9.79. The Morgan fingerprint density at radius 2 is 1.93 bits per heavy atom. The minimum Gasteiger partial charge on any atom is -0.445 e. The van der Waals surface area contributed by atoms with Gasteiger partial charge in [0.05, 0.1) is 4.88 Å². The van der Waals surface area contributed by atoms with Crippen molar-refractivity contribution < 1.29 is 17.9 Å². The van der Waals surface area contributed by atoms with E-state index in [-0.39, 0.29) is 22.6 Å². The van der Waals surface area contributed by atoms with E-state index in [1.54, 1.807) is 24.3 Å². The van der Waals surface area contributed by atoms with Gasteiger partial charge in [0.1, 0.15) is 10.6 Å². The van der Waals surface area contributed by atoms with Gasteiger partial charge in [-0.3, -0.25) is 9.69 Å². The predicted molar refractivity (Wildman–Crippen MR) is 107 cm³/mol. The van der Waals surface area contributed by atoms with Crippen molar-refractivity contribution in [1.29, 1.82) is 0 Å². The number of thiophene rings is 1. The zero-order valence-electron chi connectivity index (χ0n) is 15.5. The molecule has 3 aliphatic heterocycles. The monoisotopic (exact) mass is 421 g/mol. The predicted octanol–water partition coefficient (Wildman–Crippen LogP) is 2.40. The summed E-state index contributed by atoms with van der Waals surface area (Å²) >= 11 is 1.18. The molecule has 1 aromatic carbocycles. The van der Waals surface area contributed by atoms with Crippen molar-refractivity contribution in [1.82, 2.24) is 10.2 Å². The maximum absolute atomic E-state index is 12.7. The summed E-state index contributed by atoms with van der Waals surface area (Å²) in [5.41, 5.74) is 0. The summed E-state index contributed by atoms with van der Waals surface area (Å²) in [7, 11) is -3.90. The number of nitrogens with one attached hydrogen (secondary N) is 1. The number of sulfonamides is 1. The third-order valence-corrected chi connectivity index (χ3v) is 7.56. The Balaban J connectivity index is 1.47. The van der Waals surface area contributed by atoms with Crippen LogP contribution in [0.4, 0.5) is 0 Å². The molecule has 5 rings (SSSR count). The van der Waals surface area contributed by atoms with Crippen LogP contribution in [0.25, 0.3) is 0 Å². The first-order valence-corrected chi connectivity index (χ1v) is 11.6. The molecular formula is C19H23N3O4S2. The molecule has 0 unspecified atom stereocenters. The Labute approximate surface area is 168 Å². The van der Waals surface area contributed by atoms with Gasteiger partial charge in [0.25, 0.3) is 5.91 Å². The molecule has 150 valence electrons. The van der Waals surface area contributed by atoms with Gasteiger partial charge < -0.3 is 10.1 Å². The van der Waals surface area contributed by atoms with Gasteiger partial charge in [-0.25, -0.2) is 13.6 Å². The van der Waals surface area contributed by atoms with E-state index >= 15 is 0 Å². The minimum atomic E-state index is -3.90. The van der Waals surface area contributed by atoms with Crippen molar-refractivity contribution in [3.8, 4) is 10.8 Å². The number of primary sulfonamides is 1. The first-order chi connectivity index (χ1) is 13.3. The average molecular weight is 422 g/mol. The van der Waals surface area contributed by atoms with Crippen LogP contribution >= 0.6 is 11.3 Å². The lowest BCUT2D eigenvalue weighted by Gasteiger charge is -2.49. The number of rotatable bonds is 5. The number of carbonyl (C=O) groups is 1. The number of hydrogen-bond donors (Lipinski definition) is 2. The Morgan fingerprint density at radius 1 is 1.21 bits per heavy atom. The molecule has 9 heteroatoms. The molecule has 0 radical (unpaired) electrons. The third kappa shape index (κ3) is 3.80. The second-order valence-corrected chi connectivity index (χ2v) is 9.90. The number of carbonyl (C=O) groups excluding carboxylic acids is 1. The van der Waals surface area contributed by atoms with Crippen molar-refractivity contribution in [2.24, 2.45) is 11.1 Å². The van der Waals surface area contributed by atoms with Crippen LogP contribution in [0.3, 0.4) is 0 Å². The molecule has 0 aliphatic carbocycles. The first-order valence-electron chi connectivity index (χ1n) is 9.27. The van der Waals surface area contributed by atoms with Gasteiger partial charge in [-0.05, 0) is 63.0 Å². The van der Waals surface area contributed by atoms with Gasteiger partial charge >= 0.3 is 0 Å². The second kappa shape index (κ2) is 7.47. The minimum absolute atomic E-state index is 0.0875. The summed E-state index contributed by atoms with van der Waals surface area (Å²) in [5.74, 6) is 0.552. The Bertz CT molecular complexity index is 979. The number of nitrogens with zero attached hydrogens (tertiary/aromatic N) is 1. The van der Waals surface area contributed by atoms with E-state index in [0.717, 1.165) is 25.9 Å². The van der Waals surface area contributed by atoms with Crippen LogP contribution in [0.1, 0.15) is 29.4 Å². The van der Waals surface area contributed by atoms with Gasteiger partial charge in [-0.1, -0.05) is 23.5 Å². The molecule has 3 N–H and O–H groups in total. The first kappa shape index (κ1) is 19.4. The standard InChI is InChI=1S/C19H23N3O4S2/c1-12-18(13-8-10-22(12)11-9-13)21-19(23)15-6-7-17(27-15)26-14-4-2-3-5-16(14)28(20,24)25/h2-7,12-13,18H,8-11H2,1H3,(H,21,23)(H2,20,24,25)/t12-,18-/m0/s1. The number of nitrogens with two attached hydrogens (primary N) is 1. The Morgan fingerprint density at radius 3 is 2.61 bits per heavy atom. The number of piperidine rings is 3. The molecule has 0 spiro atoms. The molecule has 2 aromatic rings. The van der Waals surface area contributed by atoms with Crippen LogP contribution in [0.15, 0.2) is 41.3 Å². The van der Waals surface area contributed by atoms with Gasteiger partial charge in [0.15, 0.2) is 5.06 Å². The summed E-state index contributed by atoms with van der Waals surface area (Å²) in [6.07, 6.45) is 2.25. The molecular weight excluding hydrogens is 398 g/mol. The number of hydrogen-bond acceptors (Lipinski definition) is 6. The third-order valence-electron chi connectivity index (χ3n) is 5.65. The molecule has 3 saturated heterocycles. The fraction of sp³-hybridized carbons (Fsp3) is 0.421. The highest BCUT2D eigenvalue weighted by molar-refractivity contribution is 7.89. The lowest BCUT2D eigenvalue weighted by Crippen LogP contribution is -2.62. The number of para-hydroxylation sites is 1. The van der Waals surface area contributed by atoms with Crippen molar-refractivity contribution in [2.75, 3.05) is 13.1 Å². The van der Waals surface area contributed by atoms with E-state index < -0.39 is 10.0 Å². The molecule has 2 bridgehead atoms. The van der Waals surface area contributed by atoms with Gasteiger partial charge in [-0.15, -0.1) is 0 Å². The van der Waals surface area contributed by atoms with Gasteiger partial charge in [0.2, 0.25) is 10.0 Å². The number of amides is 1. The average Bonchev–Trinajstić information content (AvgIpc) is 3.13. The molecule has 7 nitrogen and oxygen atoms in total. The molecule has 0 saturated carbocycles. The zero-order valence-corrected chi connectivity index (χ0v) is 17.1. The van der Waals surface area contributed by atoms with E-state index in [2.05, 4.69) is 17.1 Å². The number of ether oxygens (including phenoxy) is 1. The normalized spacial score (nSPS) is 26.8. The van der Waals surface area contributed by atoms with Crippen LogP contribution in [-0.4, -0.2) is 44.4 Å². The maximum atomic E-state index is 12.7. The van der Waals surface area contributed by atoms with Crippen LogP contribution in [0.2, 0.25) is 0 Å². The lowest BCUT2D eigenvalue weighted by molar-refractivity contribution is 0.0218. The highest BCUT2D eigenvalue weighted by Gasteiger charge is 2.40. The summed E-state index contributed by atoms with van der Waals surface area (Å²) in [6, 6.07) is 10.0. The molecule has 4 heterocycles. The van der Waals surface area contributed by atoms with E-state index in [1.165, 1.54) is 23.5 Å². The van der Waals surface area contributed by atoms with Gasteiger partial charge in [0, 0.05) is 12.1 Å². The summed E-state index contributed by atoms with van der Waals surface area (Å²) in [6.45, 7) is 4.39. The van der Waals surface area contributed by atoms with E-state index in [0.29, 0.717) is 21.9 Å². The van der Waals surface area contributed by atoms with E-state index in [4.69, 9.17) is 9.88 Å². The van der Waals surface area contributed by atoms with Crippen molar-refractivity contribution in [3.63, 3.8) is 0 Å². The topological polar surface area (TPSA) is 102 Å². The van der Waals surface area contributed by atoms with E-state index in [9.17, 15) is 13.2 Å². The summed E-state index contributed by atoms with van der Waals surface area (Å²) in [5, 5.41) is 8.86. The highest BCUT2D eigenvalue weighted by atomic mass is 32.2. The van der Waals surface area contributed by atoms with Crippen molar-refractivity contribution in [2.45, 2.75) is 36.7 Å². The van der Waals surface area contributed by atoms with Crippen LogP contribution < -0.4 is 15.2 Å². The molecule has 3 aliphatic rings. The molecule has 3 fully saturated rings. The van der Waals surface area contributed by atoms with E-state index in [1.807, 2.05) is 0 Å². The van der Waals surface area contributed by atoms with Crippen LogP contribution in [0, 0.1) is 5.92 Å². The van der Waals surface area contributed by atoms with Crippen molar-refractivity contribution in [3.05, 3.63) is 41.3 Å². The Kier molecular flexibility index (Phi) is 5.17. The molecule has 1 aromatic heterocycles. The quantitative estimate of drug-likeness (QED) is 0.772. The Hall–Kier alpha value is -1.94. The molecule has 2 atom stereocenters. The summed E-state index contributed by atoms with van der Waals surface area (Å²) < 4.78 is 29.1.